The van der Waals surface area contributed by atoms with Gasteiger partial charge in [0.25, 0.3) is 5.90 Å². The highest BCUT2D eigenvalue weighted by Gasteiger charge is 2.24. The third-order valence-electron chi connectivity index (χ3n) is 2.58. The van der Waals surface area contributed by atoms with E-state index in [1.807, 2.05) is 0 Å². The quantitative estimate of drug-likeness (QED) is 0.222. The van der Waals surface area contributed by atoms with E-state index in [1.54, 1.807) is 13.8 Å². The van der Waals surface area contributed by atoms with E-state index in [-0.39, 0.29) is 24.7 Å². The lowest BCUT2D eigenvalue weighted by Crippen LogP contribution is -2.30. The number of carbonyl (C=O) groups excluding carboxylic acids is 2. The summed E-state index contributed by atoms with van der Waals surface area (Å²) in [5.74, 6) is -3.47. The summed E-state index contributed by atoms with van der Waals surface area (Å²) in [6.45, 7) is 6.88. The number of ether oxygens (including phenoxy) is 2. The van der Waals surface area contributed by atoms with Crippen molar-refractivity contribution in [3.63, 3.8) is 0 Å². The Labute approximate surface area is 127 Å². The van der Waals surface area contributed by atoms with Gasteiger partial charge in [-0.3, -0.25) is 10.2 Å². The molecule has 0 aromatic heterocycles. The molecule has 22 heavy (non-hydrogen) atoms. The summed E-state index contributed by atoms with van der Waals surface area (Å²) in [4.78, 5) is 23.2. The number of allylic oxidation sites excluding steroid dienone is 2. The number of hydrogen-bond donors (Lipinski definition) is 3. The molecule has 0 saturated carbocycles. The van der Waals surface area contributed by atoms with Crippen LogP contribution in [0.25, 0.3) is 0 Å². The second kappa shape index (κ2) is 7.87. The van der Waals surface area contributed by atoms with Crippen molar-refractivity contribution in [2.75, 3.05) is 13.2 Å². The maximum absolute atomic E-state index is 11.8. The maximum Gasteiger partial charge on any atom is 0.384 e. The average Bonchev–Trinajstić information content (AvgIpc) is 2.50. The number of Topliss-reactive ketones (excluding diaryl/α,β-unsaturated/α-hetero) is 1. The fraction of sp³-hybridized carbons (Fsp3) is 0.357. The van der Waals surface area contributed by atoms with E-state index < -0.39 is 23.4 Å². The van der Waals surface area contributed by atoms with Crippen LogP contribution in [0.2, 0.25) is 0 Å². The van der Waals surface area contributed by atoms with E-state index in [0.717, 1.165) is 0 Å². The zero-order chi connectivity index (χ0) is 16.7. The van der Waals surface area contributed by atoms with Crippen molar-refractivity contribution in [1.82, 2.24) is 5.43 Å². The van der Waals surface area contributed by atoms with Crippen LogP contribution in [0, 0.1) is 0 Å². The van der Waals surface area contributed by atoms with E-state index in [1.165, 1.54) is 6.08 Å². The van der Waals surface area contributed by atoms with Gasteiger partial charge in [0.15, 0.2) is 11.5 Å². The lowest BCUT2D eigenvalue weighted by atomic mass is 10.0. The summed E-state index contributed by atoms with van der Waals surface area (Å²) < 4.78 is 9.55. The van der Waals surface area contributed by atoms with Gasteiger partial charge in [-0.2, -0.15) is 0 Å². The molecule has 0 amide bonds. The van der Waals surface area contributed by atoms with Crippen molar-refractivity contribution in [3.8, 4) is 0 Å². The molecule has 0 bridgehead atoms. The monoisotopic (exact) mass is 310 g/mol. The molecule has 8 nitrogen and oxygen atoms in total. The summed E-state index contributed by atoms with van der Waals surface area (Å²) >= 11 is 0. The van der Waals surface area contributed by atoms with E-state index >= 15 is 0 Å². The number of carbonyl (C=O) groups is 2. The molecule has 0 atom stereocenters. The fourth-order valence-corrected chi connectivity index (χ4v) is 1.49. The second-order valence-corrected chi connectivity index (χ2v) is 4.13. The Kier molecular flexibility index (Phi) is 6.18. The highest BCUT2D eigenvalue weighted by molar-refractivity contribution is 6.61. The van der Waals surface area contributed by atoms with Gasteiger partial charge in [0, 0.05) is 0 Å². The van der Waals surface area contributed by atoms with Gasteiger partial charge in [0.05, 0.1) is 18.9 Å². The number of nitrogens with one attached hydrogen (secondary N) is 1. The molecular weight excluding hydrogens is 292 g/mol. The summed E-state index contributed by atoms with van der Waals surface area (Å²) in [7, 11) is 0. The fourth-order valence-electron chi connectivity index (χ4n) is 1.49. The van der Waals surface area contributed by atoms with Gasteiger partial charge in [-0.1, -0.05) is 12.7 Å². The Hall–Kier alpha value is -2.77. The van der Waals surface area contributed by atoms with Gasteiger partial charge >= 0.3 is 11.8 Å². The van der Waals surface area contributed by atoms with E-state index in [0.29, 0.717) is 12.0 Å². The Bertz CT molecular complexity index is 574. The maximum atomic E-state index is 11.8. The van der Waals surface area contributed by atoms with Crippen molar-refractivity contribution < 1.29 is 29.3 Å². The number of aliphatic hydroxyl groups excluding tert-OH is 2. The van der Waals surface area contributed by atoms with Gasteiger partial charge in [-0.05, 0) is 25.8 Å². The first-order chi connectivity index (χ1) is 10.4. The molecule has 0 unspecified atom stereocenters. The van der Waals surface area contributed by atoms with Crippen molar-refractivity contribution in [2.45, 2.75) is 20.3 Å². The summed E-state index contributed by atoms with van der Waals surface area (Å²) in [6.07, 6.45) is 1.81. The van der Waals surface area contributed by atoms with E-state index in [9.17, 15) is 19.8 Å². The molecule has 1 aliphatic rings. The number of rotatable bonds is 6. The van der Waals surface area contributed by atoms with Crippen LogP contribution < -0.4 is 5.43 Å². The van der Waals surface area contributed by atoms with Gasteiger partial charge < -0.3 is 19.7 Å². The number of ketones is 1. The van der Waals surface area contributed by atoms with Gasteiger partial charge in [-0.25, -0.2) is 4.79 Å². The molecule has 3 N–H and O–H groups in total. The van der Waals surface area contributed by atoms with Crippen molar-refractivity contribution in [1.29, 1.82) is 0 Å². The highest BCUT2D eigenvalue weighted by Crippen LogP contribution is 2.23. The summed E-state index contributed by atoms with van der Waals surface area (Å²) in [6, 6.07) is 0. The molecule has 0 aromatic carbocycles. The topological polar surface area (TPSA) is 117 Å². The highest BCUT2D eigenvalue weighted by atomic mass is 16.5. The van der Waals surface area contributed by atoms with E-state index in [4.69, 9.17) is 4.74 Å². The third-order valence-corrected chi connectivity index (χ3v) is 2.58. The van der Waals surface area contributed by atoms with Crippen molar-refractivity contribution in [3.05, 3.63) is 35.4 Å². The number of esters is 1. The molecule has 0 heterocycles. The zero-order valence-electron chi connectivity index (χ0n) is 12.4. The standard InChI is InChI=1S/C14H18N2O6/c1-4-21-13(12(19)14(20)22-5-2)16-15-9-7-6-8(3)10(17)11(9)18/h7,15,17-18H,3-6H2,1-2H3. The van der Waals surface area contributed by atoms with Crippen molar-refractivity contribution in [2.24, 2.45) is 5.10 Å². The average molecular weight is 310 g/mol. The molecule has 0 radical (unpaired) electrons. The Morgan fingerprint density at radius 1 is 1.27 bits per heavy atom. The molecule has 0 saturated heterocycles. The molecular formula is C14H18N2O6. The van der Waals surface area contributed by atoms with Crippen LogP contribution in [0.1, 0.15) is 20.3 Å². The normalized spacial score (nSPS) is 15.3. The third kappa shape index (κ3) is 4.11. The predicted molar refractivity (Wildman–Crippen MR) is 78.0 cm³/mol. The number of hydrazone groups is 1. The Morgan fingerprint density at radius 3 is 2.50 bits per heavy atom. The van der Waals surface area contributed by atoms with Crippen LogP contribution in [0.15, 0.2) is 40.5 Å². The minimum atomic E-state index is -1.09. The molecule has 0 fully saturated rings. The first-order valence-corrected chi connectivity index (χ1v) is 6.61. The molecule has 120 valence electrons. The molecule has 1 rings (SSSR count). The second-order valence-electron chi connectivity index (χ2n) is 4.13. The van der Waals surface area contributed by atoms with Gasteiger partial charge in [0.1, 0.15) is 0 Å². The summed E-state index contributed by atoms with van der Waals surface area (Å²) in [5.41, 5.74) is 2.79. The molecule has 1 aliphatic carbocycles. The zero-order valence-corrected chi connectivity index (χ0v) is 12.4. The smallest absolute Gasteiger partial charge is 0.384 e. The Morgan fingerprint density at radius 2 is 1.91 bits per heavy atom. The first kappa shape index (κ1) is 17.3. The van der Waals surface area contributed by atoms with Crippen LogP contribution in [0.3, 0.4) is 0 Å². The van der Waals surface area contributed by atoms with Gasteiger partial charge in [0.2, 0.25) is 0 Å². The Balaban J connectivity index is 2.90. The number of nitrogens with zero attached hydrogens (tertiary/aromatic N) is 1. The van der Waals surface area contributed by atoms with Crippen molar-refractivity contribution >= 4 is 17.7 Å². The minimum Gasteiger partial charge on any atom is -0.504 e. The lowest BCUT2D eigenvalue weighted by molar-refractivity contribution is -0.151. The SMILES string of the molecule is C=C1CC=C(NN=C(OCC)C(=O)C(=O)OCC)C(O)=C1O. The largest absolute Gasteiger partial charge is 0.504 e. The van der Waals surface area contributed by atoms with Crippen LogP contribution >= 0.6 is 0 Å². The molecule has 0 aliphatic heterocycles. The lowest BCUT2D eigenvalue weighted by Gasteiger charge is -2.15. The molecule has 0 aromatic rings. The van der Waals surface area contributed by atoms with Crippen LogP contribution in [-0.4, -0.2) is 41.1 Å². The predicted octanol–water partition coefficient (Wildman–Crippen LogP) is 1.23. The van der Waals surface area contributed by atoms with Crippen LogP contribution in [0.5, 0.6) is 0 Å². The van der Waals surface area contributed by atoms with Crippen LogP contribution in [-0.2, 0) is 19.1 Å². The van der Waals surface area contributed by atoms with E-state index in [2.05, 4.69) is 21.8 Å². The van der Waals surface area contributed by atoms with Gasteiger partial charge in [-0.15, -0.1) is 5.10 Å². The molecule has 0 spiro atoms. The summed E-state index contributed by atoms with van der Waals surface area (Å²) in [5, 5.41) is 23.0. The first-order valence-electron chi connectivity index (χ1n) is 6.61. The number of aliphatic hydroxyl groups is 2. The number of hydrogen-bond acceptors (Lipinski definition) is 8. The minimum absolute atomic E-state index is 0.0437. The van der Waals surface area contributed by atoms with Crippen LogP contribution in [0.4, 0.5) is 0 Å². The molecule has 8 heteroatoms.